The molecule has 8 heteroatoms. The summed E-state index contributed by atoms with van der Waals surface area (Å²) in [6, 6.07) is 5.59. The summed E-state index contributed by atoms with van der Waals surface area (Å²) >= 11 is 5.84. The Balaban J connectivity index is 1.99. The van der Waals surface area contributed by atoms with E-state index >= 15 is 0 Å². The first kappa shape index (κ1) is 14.0. The fourth-order valence-electron chi connectivity index (χ4n) is 1.59. The molecule has 104 valence electrons. The number of halogens is 1. The number of aryl methyl sites for hydroxylation is 1. The fraction of sp³-hybridized carbons (Fsp3) is 0.167. The Bertz CT molecular complexity index is 632. The SMILES string of the molecule is Cc1nn(CC(=O)Nc2ccc([N+](=O)[O-])cc2)cc1Cl. The van der Waals surface area contributed by atoms with E-state index in [9.17, 15) is 14.9 Å². The number of rotatable bonds is 4. The van der Waals surface area contributed by atoms with Crippen LogP contribution in [0.3, 0.4) is 0 Å². The van der Waals surface area contributed by atoms with Crippen molar-refractivity contribution in [1.82, 2.24) is 9.78 Å². The minimum absolute atomic E-state index is 0.0184. The molecule has 2 aromatic rings. The van der Waals surface area contributed by atoms with Gasteiger partial charge in [-0.1, -0.05) is 11.6 Å². The number of hydrogen-bond acceptors (Lipinski definition) is 4. The molecule has 0 radical (unpaired) electrons. The van der Waals surface area contributed by atoms with E-state index in [4.69, 9.17) is 11.6 Å². The van der Waals surface area contributed by atoms with Gasteiger partial charge < -0.3 is 5.32 Å². The van der Waals surface area contributed by atoms with Crippen molar-refractivity contribution in [1.29, 1.82) is 0 Å². The summed E-state index contributed by atoms with van der Waals surface area (Å²) in [7, 11) is 0. The number of carbonyl (C=O) groups excluding carboxylic acids is 1. The Labute approximate surface area is 119 Å². The molecule has 0 fully saturated rings. The van der Waals surface area contributed by atoms with Crippen LogP contribution in [0.15, 0.2) is 30.5 Å². The number of benzene rings is 1. The second kappa shape index (κ2) is 5.70. The number of amides is 1. The van der Waals surface area contributed by atoms with Crippen LogP contribution < -0.4 is 5.32 Å². The fourth-order valence-corrected chi connectivity index (χ4v) is 1.74. The number of carbonyl (C=O) groups is 1. The maximum absolute atomic E-state index is 11.8. The summed E-state index contributed by atoms with van der Waals surface area (Å²) in [5, 5.41) is 17.7. The molecule has 0 bridgehead atoms. The van der Waals surface area contributed by atoms with E-state index in [-0.39, 0.29) is 18.1 Å². The predicted molar refractivity (Wildman–Crippen MR) is 73.7 cm³/mol. The second-order valence-corrected chi connectivity index (χ2v) is 4.52. The number of nitro benzene ring substituents is 1. The Morgan fingerprint density at radius 3 is 2.60 bits per heavy atom. The van der Waals surface area contributed by atoms with Crippen molar-refractivity contribution in [3.05, 3.63) is 51.3 Å². The summed E-state index contributed by atoms with van der Waals surface area (Å²) in [6.45, 7) is 1.76. The minimum atomic E-state index is -0.500. The molecule has 0 unspecified atom stereocenters. The normalized spacial score (nSPS) is 10.3. The maximum atomic E-state index is 11.8. The topological polar surface area (TPSA) is 90.1 Å². The Kier molecular flexibility index (Phi) is 3.99. The van der Waals surface area contributed by atoms with Crippen LogP contribution in [0, 0.1) is 17.0 Å². The summed E-state index contributed by atoms with van der Waals surface area (Å²) in [5.74, 6) is -0.294. The summed E-state index contributed by atoms with van der Waals surface area (Å²) < 4.78 is 1.43. The van der Waals surface area contributed by atoms with Crippen LogP contribution in [0.25, 0.3) is 0 Å². The molecule has 20 heavy (non-hydrogen) atoms. The molecule has 0 spiro atoms. The van der Waals surface area contributed by atoms with Gasteiger partial charge in [-0.05, 0) is 19.1 Å². The van der Waals surface area contributed by atoms with Crippen LogP contribution in [0.2, 0.25) is 5.02 Å². The number of hydrogen-bond donors (Lipinski definition) is 1. The van der Waals surface area contributed by atoms with Crippen molar-refractivity contribution in [3.8, 4) is 0 Å². The Morgan fingerprint density at radius 2 is 2.10 bits per heavy atom. The molecular formula is C12H11ClN4O3. The lowest BCUT2D eigenvalue weighted by Gasteiger charge is -2.04. The molecule has 0 saturated heterocycles. The largest absolute Gasteiger partial charge is 0.324 e. The first-order valence-corrected chi connectivity index (χ1v) is 6.07. The summed E-state index contributed by atoms with van der Waals surface area (Å²) in [5.41, 5.74) is 1.10. The molecule has 1 amide bonds. The van der Waals surface area contributed by atoms with Gasteiger partial charge in [0.05, 0.1) is 15.6 Å². The van der Waals surface area contributed by atoms with Crippen molar-refractivity contribution in [2.75, 3.05) is 5.32 Å². The third-order valence-electron chi connectivity index (χ3n) is 2.55. The van der Waals surface area contributed by atoms with Gasteiger partial charge >= 0.3 is 0 Å². The van der Waals surface area contributed by atoms with Crippen molar-refractivity contribution in [2.45, 2.75) is 13.5 Å². The molecule has 1 N–H and O–H groups in total. The van der Waals surface area contributed by atoms with Crippen molar-refractivity contribution >= 4 is 28.9 Å². The summed E-state index contributed by atoms with van der Waals surface area (Å²) in [4.78, 5) is 21.8. The minimum Gasteiger partial charge on any atom is -0.324 e. The number of nitro groups is 1. The van der Waals surface area contributed by atoms with E-state index in [1.165, 1.54) is 28.9 Å². The van der Waals surface area contributed by atoms with E-state index in [1.807, 2.05) is 0 Å². The van der Waals surface area contributed by atoms with Gasteiger partial charge in [-0.15, -0.1) is 0 Å². The first-order valence-electron chi connectivity index (χ1n) is 5.69. The van der Waals surface area contributed by atoms with Gasteiger partial charge in [0.1, 0.15) is 6.54 Å². The zero-order chi connectivity index (χ0) is 14.7. The van der Waals surface area contributed by atoms with Gasteiger partial charge in [0.15, 0.2) is 0 Å². The van der Waals surface area contributed by atoms with Crippen LogP contribution >= 0.6 is 11.6 Å². The zero-order valence-corrected chi connectivity index (χ0v) is 11.3. The molecule has 0 aliphatic carbocycles. The number of anilines is 1. The van der Waals surface area contributed by atoms with Crippen molar-refractivity contribution in [2.24, 2.45) is 0 Å². The zero-order valence-electron chi connectivity index (χ0n) is 10.5. The van der Waals surface area contributed by atoms with E-state index < -0.39 is 4.92 Å². The van der Waals surface area contributed by atoms with Crippen LogP contribution in [-0.2, 0) is 11.3 Å². The molecule has 0 saturated carbocycles. The van der Waals surface area contributed by atoms with E-state index in [0.717, 1.165) is 0 Å². The molecule has 7 nitrogen and oxygen atoms in total. The van der Waals surface area contributed by atoms with Crippen LogP contribution in [0.4, 0.5) is 11.4 Å². The van der Waals surface area contributed by atoms with E-state index in [2.05, 4.69) is 10.4 Å². The molecule has 0 aliphatic rings. The average Bonchev–Trinajstić information content (AvgIpc) is 2.68. The highest BCUT2D eigenvalue weighted by atomic mass is 35.5. The monoisotopic (exact) mass is 294 g/mol. The molecule has 1 aromatic carbocycles. The molecule has 0 aliphatic heterocycles. The quantitative estimate of drug-likeness (QED) is 0.692. The standard InChI is InChI=1S/C12H11ClN4O3/c1-8-11(13)6-16(15-8)7-12(18)14-9-2-4-10(5-3-9)17(19)20/h2-6H,7H2,1H3,(H,14,18). The van der Waals surface area contributed by atoms with Gasteiger partial charge in [0, 0.05) is 24.0 Å². The van der Waals surface area contributed by atoms with Gasteiger partial charge in [-0.2, -0.15) is 5.10 Å². The van der Waals surface area contributed by atoms with Crippen molar-refractivity contribution in [3.63, 3.8) is 0 Å². The van der Waals surface area contributed by atoms with Crippen molar-refractivity contribution < 1.29 is 9.72 Å². The molecule has 0 atom stereocenters. The van der Waals surface area contributed by atoms with Gasteiger partial charge in [0.2, 0.25) is 5.91 Å². The number of non-ortho nitro benzene ring substituents is 1. The Hall–Kier alpha value is -2.41. The highest BCUT2D eigenvalue weighted by molar-refractivity contribution is 6.31. The third kappa shape index (κ3) is 3.33. The predicted octanol–water partition coefficient (Wildman–Crippen LogP) is 2.39. The first-order chi connectivity index (χ1) is 9.45. The number of nitrogens with one attached hydrogen (secondary N) is 1. The van der Waals surface area contributed by atoms with Gasteiger partial charge in [-0.25, -0.2) is 0 Å². The lowest BCUT2D eigenvalue weighted by molar-refractivity contribution is -0.384. The smallest absolute Gasteiger partial charge is 0.269 e. The lowest BCUT2D eigenvalue weighted by atomic mass is 10.3. The summed E-state index contributed by atoms with van der Waals surface area (Å²) in [6.07, 6.45) is 1.56. The van der Waals surface area contributed by atoms with Gasteiger partial charge in [-0.3, -0.25) is 19.6 Å². The highest BCUT2D eigenvalue weighted by Gasteiger charge is 2.09. The second-order valence-electron chi connectivity index (χ2n) is 4.11. The molecule has 1 heterocycles. The van der Waals surface area contributed by atoms with Crippen LogP contribution in [-0.4, -0.2) is 20.6 Å². The van der Waals surface area contributed by atoms with Crippen LogP contribution in [0.1, 0.15) is 5.69 Å². The average molecular weight is 295 g/mol. The molecule has 1 aromatic heterocycles. The number of aromatic nitrogens is 2. The Morgan fingerprint density at radius 1 is 1.45 bits per heavy atom. The third-order valence-corrected chi connectivity index (χ3v) is 2.93. The number of nitrogens with zero attached hydrogens (tertiary/aromatic N) is 3. The highest BCUT2D eigenvalue weighted by Crippen LogP contribution is 2.16. The van der Waals surface area contributed by atoms with Gasteiger partial charge in [0.25, 0.3) is 5.69 Å². The van der Waals surface area contributed by atoms with E-state index in [0.29, 0.717) is 16.4 Å². The van der Waals surface area contributed by atoms with E-state index in [1.54, 1.807) is 13.1 Å². The molecular weight excluding hydrogens is 284 g/mol. The molecule has 2 rings (SSSR count). The van der Waals surface area contributed by atoms with Crippen LogP contribution in [0.5, 0.6) is 0 Å². The maximum Gasteiger partial charge on any atom is 0.269 e. The lowest BCUT2D eigenvalue weighted by Crippen LogP contribution is -2.19.